The molecule has 0 aromatic heterocycles. The topological polar surface area (TPSA) is 23.5 Å². The zero-order valence-electron chi connectivity index (χ0n) is 11.0. The van der Waals surface area contributed by atoms with E-state index in [-0.39, 0.29) is 6.10 Å². The first-order chi connectivity index (χ1) is 8.19. The number of hydrogen-bond acceptors (Lipinski definition) is 3. The van der Waals surface area contributed by atoms with E-state index in [1.54, 1.807) is 0 Å². The molecule has 0 saturated heterocycles. The Morgan fingerprint density at radius 2 is 1.94 bits per heavy atom. The Labute approximate surface area is 109 Å². The van der Waals surface area contributed by atoms with E-state index in [9.17, 15) is 5.11 Å². The minimum absolute atomic E-state index is 0.328. The largest absolute Gasteiger partial charge is 0.388 e. The Hall–Kier alpha value is -0.670. The number of aliphatic hydroxyl groups excluding tert-OH is 1. The first kappa shape index (κ1) is 14.4. The fourth-order valence-electron chi connectivity index (χ4n) is 1.76. The highest BCUT2D eigenvalue weighted by Crippen LogP contribution is 2.20. The summed E-state index contributed by atoms with van der Waals surface area (Å²) in [6, 6.07) is 8.23. The average Bonchev–Trinajstić information content (AvgIpc) is 2.38. The van der Waals surface area contributed by atoms with Crippen LogP contribution in [0.25, 0.3) is 0 Å². The molecule has 0 aliphatic heterocycles. The zero-order valence-corrected chi connectivity index (χ0v) is 11.8. The maximum absolute atomic E-state index is 9.72. The van der Waals surface area contributed by atoms with Crippen molar-refractivity contribution in [3.05, 3.63) is 29.8 Å². The van der Waals surface area contributed by atoms with Crippen molar-refractivity contribution >= 4 is 17.4 Å². The van der Waals surface area contributed by atoms with Crippen molar-refractivity contribution in [3.8, 4) is 0 Å². The van der Waals surface area contributed by atoms with Crippen LogP contribution in [-0.4, -0.2) is 30.7 Å². The molecular formula is C14H23NOS. The van der Waals surface area contributed by atoms with Crippen molar-refractivity contribution in [1.82, 2.24) is 0 Å². The van der Waals surface area contributed by atoms with Gasteiger partial charge >= 0.3 is 0 Å². The number of benzene rings is 1. The standard InChI is InChI=1S/C14H23NOS/c1-4-14(16)12-6-8-13(9-7-12)15(2)10-5-11-17-3/h6-9,14,16H,4-5,10-11H2,1-3H3. The van der Waals surface area contributed by atoms with Crippen LogP contribution in [0.5, 0.6) is 0 Å². The van der Waals surface area contributed by atoms with Gasteiger partial charge in [0.05, 0.1) is 6.10 Å². The zero-order chi connectivity index (χ0) is 12.7. The molecule has 0 bridgehead atoms. The number of thioether (sulfide) groups is 1. The molecule has 0 aliphatic rings. The van der Waals surface area contributed by atoms with Crippen LogP contribution in [-0.2, 0) is 0 Å². The maximum atomic E-state index is 9.72. The van der Waals surface area contributed by atoms with Gasteiger partial charge in [-0.3, -0.25) is 0 Å². The summed E-state index contributed by atoms with van der Waals surface area (Å²) in [4.78, 5) is 2.26. The Morgan fingerprint density at radius 1 is 1.29 bits per heavy atom. The van der Waals surface area contributed by atoms with Gasteiger partial charge in [-0.05, 0) is 42.5 Å². The number of aliphatic hydroxyl groups is 1. The average molecular weight is 253 g/mol. The van der Waals surface area contributed by atoms with Gasteiger partial charge in [-0.15, -0.1) is 0 Å². The molecule has 0 saturated carbocycles. The molecule has 0 fully saturated rings. The highest BCUT2D eigenvalue weighted by Gasteiger charge is 2.05. The van der Waals surface area contributed by atoms with Gasteiger partial charge in [-0.1, -0.05) is 19.1 Å². The van der Waals surface area contributed by atoms with Crippen LogP contribution in [0.15, 0.2) is 24.3 Å². The number of rotatable bonds is 7. The van der Waals surface area contributed by atoms with Crippen LogP contribution in [0.2, 0.25) is 0 Å². The number of anilines is 1. The Balaban J connectivity index is 2.54. The third-order valence-corrected chi connectivity index (χ3v) is 3.64. The molecule has 0 heterocycles. The minimum atomic E-state index is -0.328. The van der Waals surface area contributed by atoms with Crippen molar-refractivity contribution in [2.75, 3.05) is 30.5 Å². The van der Waals surface area contributed by atoms with E-state index in [1.165, 1.54) is 17.9 Å². The van der Waals surface area contributed by atoms with Gasteiger partial charge in [0, 0.05) is 19.3 Å². The van der Waals surface area contributed by atoms with Crippen LogP contribution in [0.3, 0.4) is 0 Å². The van der Waals surface area contributed by atoms with E-state index in [0.717, 1.165) is 18.5 Å². The monoisotopic (exact) mass is 253 g/mol. The van der Waals surface area contributed by atoms with Crippen LogP contribution in [0, 0.1) is 0 Å². The molecule has 1 unspecified atom stereocenters. The van der Waals surface area contributed by atoms with E-state index < -0.39 is 0 Å². The minimum Gasteiger partial charge on any atom is -0.388 e. The van der Waals surface area contributed by atoms with Crippen molar-refractivity contribution < 1.29 is 5.11 Å². The summed E-state index contributed by atoms with van der Waals surface area (Å²) >= 11 is 1.89. The summed E-state index contributed by atoms with van der Waals surface area (Å²) < 4.78 is 0. The second-order valence-corrected chi connectivity index (χ2v) is 5.27. The predicted octanol–water partition coefficient (Wildman–Crippen LogP) is 3.32. The van der Waals surface area contributed by atoms with Crippen LogP contribution in [0.1, 0.15) is 31.4 Å². The first-order valence-electron chi connectivity index (χ1n) is 6.17. The molecule has 0 spiro atoms. The predicted molar refractivity (Wildman–Crippen MR) is 78.0 cm³/mol. The summed E-state index contributed by atoms with van der Waals surface area (Å²) in [5, 5.41) is 9.72. The molecule has 1 atom stereocenters. The summed E-state index contributed by atoms with van der Waals surface area (Å²) in [7, 11) is 2.12. The van der Waals surface area contributed by atoms with E-state index in [0.29, 0.717) is 0 Å². The molecule has 96 valence electrons. The Morgan fingerprint density at radius 3 is 2.47 bits per heavy atom. The fourth-order valence-corrected chi connectivity index (χ4v) is 2.18. The molecule has 0 amide bonds. The van der Waals surface area contributed by atoms with E-state index in [4.69, 9.17) is 0 Å². The molecule has 0 aliphatic carbocycles. The Bertz CT molecular complexity index is 313. The molecule has 1 aromatic rings. The SMILES string of the molecule is CCC(O)c1ccc(N(C)CCCSC)cc1. The summed E-state index contributed by atoms with van der Waals surface area (Å²) in [6.07, 6.45) is 3.78. The smallest absolute Gasteiger partial charge is 0.0787 e. The quantitative estimate of drug-likeness (QED) is 0.754. The maximum Gasteiger partial charge on any atom is 0.0787 e. The van der Waals surface area contributed by atoms with Gasteiger partial charge in [-0.2, -0.15) is 11.8 Å². The van der Waals surface area contributed by atoms with E-state index in [1.807, 2.05) is 30.8 Å². The number of hydrogen-bond donors (Lipinski definition) is 1. The van der Waals surface area contributed by atoms with Gasteiger partial charge < -0.3 is 10.0 Å². The lowest BCUT2D eigenvalue weighted by Crippen LogP contribution is -2.18. The Kier molecular flexibility index (Phi) is 6.45. The van der Waals surface area contributed by atoms with Crippen molar-refractivity contribution in [1.29, 1.82) is 0 Å². The lowest BCUT2D eigenvalue weighted by atomic mass is 10.1. The molecule has 17 heavy (non-hydrogen) atoms. The molecular weight excluding hydrogens is 230 g/mol. The number of nitrogens with zero attached hydrogens (tertiary/aromatic N) is 1. The highest BCUT2D eigenvalue weighted by atomic mass is 32.2. The third-order valence-electron chi connectivity index (χ3n) is 2.95. The van der Waals surface area contributed by atoms with Gasteiger partial charge in [0.2, 0.25) is 0 Å². The van der Waals surface area contributed by atoms with Crippen LogP contribution >= 0.6 is 11.8 Å². The van der Waals surface area contributed by atoms with Crippen molar-refractivity contribution in [3.63, 3.8) is 0 Å². The summed E-state index contributed by atoms with van der Waals surface area (Å²) in [5.41, 5.74) is 2.23. The summed E-state index contributed by atoms with van der Waals surface area (Å²) in [6.45, 7) is 3.07. The van der Waals surface area contributed by atoms with Crippen LogP contribution < -0.4 is 4.90 Å². The van der Waals surface area contributed by atoms with Crippen molar-refractivity contribution in [2.45, 2.75) is 25.9 Å². The van der Waals surface area contributed by atoms with Crippen molar-refractivity contribution in [2.24, 2.45) is 0 Å². The summed E-state index contributed by atoms with van der Waals surface area (Å²) in [5.74, 6) is 1.21. The van der Waals surface area contributed by atoms with E-state index >= 15 is 0 Å². The second-order valence-electron chi connectivity index (χ2n) is 4.28. The molecule has 0 radical (unpaired) electrons. The van der Waals surface area contributed by atoms with Gasteiger partial charge in [0.15, 0.2) is 0 Å². The van der Waals surface area contributed by atoms with Crippen LogP contribution in [0.4, 0.5) is 5.69 Å². The normalized spacial score (nSPS) is 12.5. The van der Waals surface area contributed by atoms with Gasteiger partial charge in [-0.25, -0.2) is 0 Å². The lowest BCUT2D eigenvalue weighted by Gasteiger charge is -2.19. The van der Waals surface area contributed by atoms with Gasteiger partial charge in [0.25, 0.3) is 0 Å². The fraction of sp³-hybridized carbons (Fsp3) is 0.571. The molecule has 1 aromatic carbocycles. The third kappa shape index (κ3) is 4.60. The second kappa shape index (κ2) is 7.62. The lowest BCUT2D eigenvalue weighted by molar-refractivity contribution is 0.173. The molecule has 3 heteroatoms. The molecule has 2 nitrogen and oxygen atoms in total. The molecule has 1 rings (SSSR count). The van der Waals surface area contributed by atoms with E-state index in [2.05, 4.69) is 30.3 Å². The highest BCUT2D eigenvalue weighted by molar-refractivity contribution is 7.98. The van der Waals surface area contributed by atoms with Gasteiger partial charge in [0.1, 0.15) is 0 Å². The first-order valence-corrected chi connectivity index (χ1v) is 7.56. The molecule has 1 N–H and O–H groups in total.